The zero-order valence-electron chi connectivity index (χ0n) is 8.40. The number of fused-ring (bicyclic) bond motifs is 1. The Labute approximate surface area is 90.3 Å². The Morgan fingerprint density at radius 1 is 1.25 bits per heavy atom. The molecule has 2 aromatic rings. The van der Waals surface area contributed by atoms with Crippen molar-refractivity contribution in [2.75, 3.05) is 18.0 Å². The van der Waals surface area contributed by atoms with Gasteiger partial charge in [0.15, 0.2) is 12.3 Å². The van der Waals surface area contributed by atoms with E-state index in [4.69, 9.17) is 0 Å². The number of hydrogen-bond acceptors (Lipinski definition) is 3. The van der Waals surface area contributed by atoms with Gasteiger partial charge in [-0.2, -0.15) is 0 Å². The summed E-state index contributed by atoms with van der Waals surface area (Å²) in [6.07, 6.45) is 0.277. The van der Waals surface area contributed by atoms with Crippen LogP contribution < -0.4 is 4.90 Å². The molecule has 3 rings (SSSR count). The zero-order chi connectivity index (χ0) is 11.1. The van der Waals surface area contributed by atoms with Gasteiger partial charge in [-0.3, -0.25) is 0 Å². The third-order valence-corrected chi connectivity index (χ3v) is 2.81. The van der Waals surface area contributed by atoms with Crippen molar-refractivity contribution in [3.8, 4) is 0 Å². The van der Waals surface area contributed by atoms with Crippen molar-refractivity contribution in [1.29, 1.82) is 0 Å². The van der Waals surface area contributed by atoms with Gasteiger partial charge in [0, 0.05) is 6.20 Å². The first-order chi connectivity index (χ1) is 7.75. The van der Waals surface area contributed by atoms with Crippen molar-refractivity contribution in [3.63, 3.8) is 0 Å². The van der Waals surface area contributed by atoms with Crippen LogP contribution in [0, 0.1) is 0 Å². The van der Waals surface area contributed by atoms with Crippen molar-refractivity contribution >= 4 is 16.9 Å². The Morgan fingerprint density at radius 2 is 2.00 bits per heavy atom. The molecule has 84 valence electrons. The van der Waals surface area contributed by atoms with Crippen LogP contribution in [0.4, 0.5) is 14.6 Å². The number of aromatic nitrogens is 3. The highest BCUT2D eigenvalue weighted by atomic mass is 19.2. The van der Waals surface area contributed by atoms with E-state index in [0.29, 0.717) is 11.5 Å². The van der Waals surface area contributed by atoms with Gasteiger partial charge >= 0.3 is 0 Å². The molecule has 0 aliphatic carbocycles. The van der Waals surface area contributed by atoms with Crippen LogP contribution >= 0.6 is 0 Å². The molecule has 0 amide bonds. The second-order valence-electron chi connectivity index (χ2n) is 3.87. The minimum absolute atomic E-state index is 0.0540. The highest BCUT2D eigenvalue weighted by Gasteiger charge is 2.34. The van der Waals surface area contributed by atoms with Crippen molar-refractivity contribution < 1.29 is 8.78 Å². The molecule has 0 spiro atoms. The van der Waals surface area contributed by atoms with E-state index in [-0.39, 0.29) is 13.1 Å². The van der Waals surface area contributed by atoms with E-state index in [0.717, 1.165) is 5.39 Å². The maximum atomic E-state index is 13.1. The smallest absolute Gasteiger partial charge is 0.150 e. The van der Waals surface area contributed by atoms with E-state index in [9.17, 15) is 8.78 Å². The first-order valence-corrected chi connectivity index (χ1v) is 5.07. The Balaban J connectivity index is 2.03. The fourth-order valence-electron chi connectivity index (χ4n) is 2.01. The molecule has 0 aromatic carbocycles. The summed E-state index contributed by atoms with van der Waals surface area (Å²) in [5.74, 6) is 0.592. The van der Waals surface area contributed by atoms with Gasteiger partial charge in [-0.1, -0.05) is 0 Å². The molecule has 1 saturated heterocycles. The van der Waals surface area contributed by atoms with E-state index in [1.807, 2.05) is 6.07 Å². The van der Waals surface area contributed by atoms with Gasteiger partial charge in [0.25, 0.3) is 0 Å². The fraction of sp³-hybridized carbons (Fsp3) is 0.400. The second kappa shape index (κ2) is 3.40. The summed E-state index contributed by atoms with van der Waals surface area (Å²) in [6.45, 7) is 0.108. The van der Waals surface area contributed by atoms with E-state index in [1.165, 1.54) is 6.33 Å². The third-order valence-electron chi connectivity index (χ3n) is 2.81. The molecule has 2 atom stereocenters. The number of rotatable bonds is 1. The molecular formula is C10H10F2N4. The topological polar surface area (TPSA) is 44.8 Å². The quantitative estimate of drug-likeness (QED) is 0.797. The first-order valence-electron chi connectivity index (χ1n) is 5.07. The van der Waals surface area contributed by atoms with Crippen molar-refractivity contribution in [2.24, 2.45) is 0 Å². The van der Waals surface area contributed by atoms with Crippen LogP contribution in [-0.2, 0) is 0 Å². The third kappa shape index (κ3) is 1.33. The summed E-state index contributed by atoms with van der Waals surface area (Å²) in [7, 11) is 0. The normalized spacial score (nSPS) is 25.5. The molecule has 16 heavy (non-hydrogen) atoms. The van der Waals surface area contributed by atoms with E-state index in [2.05, 4.69) is 15.0 Å². The largest absolute Gasteiger partial charge is 0.350 e. The number of nitrogens with one attached hydrogen (secondary N) is 1. The van der Waals surface area contributed by atoms with Crippen molar-refractivity contribution in [2.45, 2.75) is 12.3 Å². The van der Waals surface area contributed by atoms with Gasteiger partial charge in [-0.25, -0.2) is 18.7 Å². The van der Waals surface area contributed by atoms with Crippen LogP contribution in [-0.4, -0.2) is 40.4 Å². The number of anilines is 1. The molecule has 1 aliphatic rings. The van der Waals surface area contributed by atoms with Gasteiger partial charge in [0.1, 0.15) is 17.8 Å². The molecule has 1 aliphatic heterocycles. The lowest BCUT2D eigenvalue weighted by Crippen LogP contribution is -2.21. The van der Waals surface area contributed by atoms with Crippen molar-refractivity contribution in [1.82, 2.24) is 15.0 Å². The summed E-state index contributed by atoms with van der Waals surface area (Å²) in [5.41, 5.74) is 0.683. The highest BCUT2D eigenvalue weighted by molar-refractivity contribution is 5.87. The average molecular weight is 224 g/mol. The molecule has 2 aromatic heterocycles. The summed E-state index contributed by atoms with van der Waals surface area (Å²) >= 11 is 0. The number of H-pyrrole nitrogens is 1. The monoisotopic (exact) mass is 224 g/mol. The van der Waals surface area contributed by atoms with Crippen LogP contribution in [0.1, 0.15) is 0 Å². The van der Waals surface area contributed by atoms with E-state index >= 15 is 0 Å². The molecule has 3 heterocycles. The molecule has 1 fully saturated rings. The predicted molar refractivity (Wildman–Crippen MR) is 55.9 cm³/mol. The van der Waals surface area contributed by atoms with Gasteiger partial charge in [0.2, 0.25) is 0 Å². The predicted octanol–water partition coefficient (Wildman–Crippen LogP) is 1.45. The number of hydrogen-bond donors (Lipinski definition) is 1. The van der Waals surface area contributed by atoms with E-state index < -0.39 is 12.3 Å². The lowest BCUT2D eigenvalue weighted by molar-refractivity contribution is 0.217. The molecular weight excluding hydrogens is 214 g/mol. The Hall–Kier alpha value is -1.72. The average Bonchev–Trinajstić information content (AvgIpc) is 2.85. The number of alkyl halides is 2. The lowest BCUT2D eigenvalue weighted by Gasteiger charge is -2.16. The van der Waals surface area contributed by atoms with Crippen LogP contribution in [0.2, 0.25) is 0 Å². The maximum Gasteiger partial charge on any atom is 0.150 e. The summed E-state index contributed by atoms with van der Waals surface area (Å²) < 4.78 is 26.2. The molecule has 0 bridgehead atoms. The molecule has 6 heteroatoms. The summed E-state index contributed by atoms with van der Waals surface area (Å²) in [6, 6.07) is 1.81. The second-order valence-corrected chi connectivity index (χ2v) is 3.87. The highest BCUT2D eigenvalue weighted by Crippen LogP contribution is 2.27. The molecule has 0 unspecified atom stereocenters. The molecule has 0 radical (unpaired) electrons. The zero-order valence-corrected chi connectivity index (χ0v) is 8.40. The maximum absolute atomic E-state index is 13.1. The Bertz CT molecular complexity index is 502. The van der Waals surface area contributed by atoms with Crippen LogP contribution in [0.25, 0.3) is 11.0 Å². The van der Waals surface area contributed by atoms with Gasteiger partial charge in [-0.15, -0.1) is 0 Å². The van der Waals surface area contributed by atoms with Gasteiger partial charge in [0.05, 0.1) is 18.5 Å². The van der Waals surface area contributed by atoms with E-state index in [1.54, 1.807) is 11.1 Å². The summed E-state index contributed by atoms with van der Waals surface area (Å²) in [5, 5.41) is 0.795. The van der Waals surface area contributed by atoms with Crippen LogP contribution in [0.15, 0.2) is 18.6 Å². The molecule has 0 saturated carbocycles. The Kier molecular flexibility index (Phi) is 2.02. The summed E-state index contributed by atoms with van der Waals surface area (Å²) in [4.78, 5) is 12.7. The number of aromatic amines is 1. The van der Waals surface area contributed by atoms with Crippen molar-refractivity contribution in [3.05, 3.63) is 18.6 Å². The number of halogens is 2. The van der Waals surface area contributed by atoms with Crippen LogP contribution in [0.5, 0.6) is 0 Å². The lowest BCUT2D eigenvalue weighted by atomic mass is 10.3. The molecule has 4 nitrogen and oxygen atoms in total. The van der Waals surface area contributed by atoms with Gasteiger partial charge in [-0.05, 0) is 6.07 Å². The number of nitrogens with zero attached hydrogens (tertiary/aromatic N) is 3. The Morgan fingerprint density at radius 3 is 2.75 bits per heavy atom. The minimum Gasteiger partial charge on any atom is -0.350 e. The standard InChI is InChI=1S/C10H10F2N4/c11-7-3-16(4-8(7)12)10-6-1-2-13-9(6)14-5-15-10/h1-2,5,7-8H,3-4H2,(H,13,14,15)/t7-,8+. The van der Waals surface area contributed by atoms with Crippen LogP contribution in [0.3, 0.4) is 0 Å². The minimum atomic E-state index is -1.43. The molecule has 1 N–H and O–H groups in total. The SMILES string of the molecule is F[C@@H]1CN(c2ncnc3[nH]ccc23)C[C@@H]1F. The van der Waals surface area contributed by atoms with Gasteiger partial charge < -0.3 is 9.88 Å². The fourth-order valence-corrected chi connectivity index (χ4v) is 2.01. The first kappa shape index (κ1) is 9.50.